The van der Waals surface area contributed by atoms with Crippen molar-refractivity contribution < 1.29 is 14.2 Å². The van der Waals surface area contributed by atoms with Crippen molar-refractivity contribution in [1.82, 2.24) is 4.90 Å². The van der Waals surface area contributed by atoms with Crippen LogP contribution in [0.5, 0.6) is 17.2 Å². The van der Waals surface area contributed by atoms with Crippen molar-refractivity contribution in [3.8, 4) is 17.2 Å². The first kappa shape index (κ1) is 23.9. The van der Waals surface area contributed by atoms with Crippen LogP contribution in [0.2, 0.25) is 0 Å². The summed E-state index contributed by atoms with van der Waals surface area (Å²) in [7, 11) is 3.37. The van der Waals surface area contributed by atoms with Gasteiger partial charge in [-0.15, -0.1) is 0 Å². The van der Waals surface area contributed by atoms with Gasteiger partial charge in [0, 0.05) is 24.8 Å². The van der Waals surface area contributed by atoms with Gasteiger partial charge in [0.2, 0.25) is 0 Å². The molecule has 35 heavy (non-hydrogen) atoms. The molecule has 3 aromatic rings. The zero-order chi connectivity index (χ0) is 24.0. The molecule has 1 saturated heterocycles. The fourth-order valence-electron chi connectivity index (χ4n) is 5.03. The van der Waals surface area contributed by atoms with Gasteiger partial charge in [-0.05, 0) is 71.4 Å². The molecule has 184 valence electrons. The quantitative estimate of drug-likeness (QED) is 0.388. The summed E-state index contributed by atoms with van der Waals surface area (Å²) in [6.07, 6.45) is 2.47. The lowest BCUT2D eigenvalue weighted by Gasteiger charge is -2.44. The first-order chi connectivity index (χ1) is 17.2. The lowest BCUT2D eigenvalue weighted by atomic mass is 10.0. The lowest BCUT2D eigenvalue weighted by molar-refractivity contribution is 0.230. The molecule has 2 aliphatic rings. The van der Waals surface area contributed by atoms with E-state index in [1.165, 1.54) is 46.7 Å². The maximum Gasteiger partial charge on any atom is 0.161 e. The Morgan fingerprint density at radius 1 is 0.857 bits per heavy atom. The fraction of sp³-hybridized carbons (Fsp3) is 0.379. The van der Waals surface area contributed by atoms with E-state index in [4.69, 9.17) is 14.2 Å². The van der Waals surface area contributed by atoms with Gasteiger partial charge in [-0.1, -0.05) is 36.4 Å². The second-order valence-electron chi connectivity index (χ2n) is 9.20. The summed E-state index contributed by atoms with van der Waals surface area (Å²) in [4.78, 5) is 5.15. The molecule has 2 heterocycles. The number of nitrogens with zero attached hydrogens (tertiary/aromatic N) is 2. The molecule has 2 aliphatic heterocycles. The molecule has 0 bridgehead atoms. The van der Waals surface area contributed by atoms with Gasteiger partial charge in [-0.25, -0.2) is 0 Å². The Labute approximate surface area is 213 Å². The average Bonchev–Trinajstić information content (AvgIpc) is 2.92. The summed E-state index contributed by atoms with van der Waals surface area (Å²) in [6, 6.07) is 23.8. The van der Waals surface area contributed by atoms with Gasteiger partial charge in [-0.2, -0.15) is 11.8 Å². The Morgan fingerprint density at radius 3 is 2.43 bits per heavy atom. The standard InChI is InChI=1S/C29H34N2O3S/c1-32-28-11-8-23(16-29(28)33-2)18-30-19-24-17-26(34-20-22-6-4-3-5-7-22)9-10-27(24)31(21-30)25-12-14-35-15-13-25/h3-11,16-17,25H,12-15,18-21H2,1-2H3. The molecule has 5 nitrogen and oxygen atoms in total. The highest BCUT2D eigenvalue weighted by molar-refractivity contribution is 7.99. The van der Waals surface area contributed by atoms with Gasteiger partial charge in [0.05, 0.1) is 20.9 Å². The summed E-state index contributed by atoms with van der Waals surface area (Å²) < 4.78 is 17.2. The third-order valence-corrected chi connectivity index (χ3v) is 7.89. The molecule has 0 unspecified atom stereocenters. The topological polar surface area (TPSA) is 34.2 Å². The monoisotopic (exact) mass is 490 g/mol. The molecule has 0 saturated carbocycles. The molecule has 0 spiro atoms. The summed E-state index contributed by atoms with van der Waals surface area (Å²) in [5.41, 5.74) is 5.10. The second-order valence-corrected chi connectivity index (χ2v) is 10.4. The summed E-state index contributed by atoms with van der Waals surface area (Å²) >= 11 is 2.08. The molecular weight excluding hydrogens is 456 g/mol. The third-order valence-electron chi connectivity index (χ3n) is 6.84. The molecule has 3 aromatic carbocycles. The molecule has 0 aliphatic carbocycles. The highest BCUT2D eigenvalue weighted by atomic mass is 32.2. The Morgan fingerprint density at radius 2 is 1.66 bits per heavy atom. The van der Waals surface area contributed by atoms with E-state index in [0.717, 1.165) is 37.0 Å². The maximum atomic E-state index is 6.18. The molecule has 0 radical (unpaired) electrons. The van der Waals surface area contributed by atoms with Crippen molar-refractivity contribution in [3.63, 3.8) is 0 Å². The summed E-state index contributed by atoms with van der Waals surface area (Å²) in [5, 5.41) is 0. The minimum absolute atomic E-state index is 0.582. The van der Waals surface area contributed by atoms with E-state index in [0.29, 0.717) is 12.6 Å². The van der Waals surface area contributed by atoms with Crippen LogP contribution < -0.4 is 19.1 Å². The highest BCUT2D eigenvalue weighted by Gasteiger charge is 2.29. The predicted octanol–water partition coefficient (Wildman–Crippen LogP) is 5.96. The van der Waals surface area contributed by atoms with Crippen LogP contribution in [0.15, 0.2) is 66.7 Å². The first-order valence-electron chi connectivity index (χ1n) is 12.3. The maximum absolute atomic E-state index is 6.18. The Hall–Kier alpha value is -2.83. The van der Waals surface area contributed by atoms with Crippen molar-refractivity contribution in [2.45, 2.75) is 38.6 Å². The number of hydrogen-bond acceptors (Lipinski definition) is 6. The van der Waals surface area contributed by atoms with Crippen LogP contribution in [-0.2, 0) is 19.7 Å². The highest BCUT2D eigenvalue weighted by Crippen LogP contribution is 2.36. The van der Waals surface area contributed by atoms with E-state index < -0.39 is 0 Å². The molecule has 1 fully saturated rings. The van der Waals surface area contributed by atoms with Crippen molar-refractivity contribution >= 4 is 17.4 Å². The van der Waals surface area contributed by atoms with Gasteiger partial charge in [0.1, 0.15) is 12.4 Å². The molecule has 0 N–H and O–H groups in total. The van der Waals surface area contributed by atoms with Crippen molar-refractivity contribution in [1.29, 1.82) is 0 Å². The third kappa shape index (κ3) is 5.71. The van der Waals surface area contributed by atoms with E-state index in [-0.39, 0.29) is 0 Å². The normalized spacial score (nSPS) is 16.6. The fourth-order valence-corrected chi connectivity index (χ4v) is 6.12. The van der Waals surface area contributed by atoms with Crippen LogP contribution in [0.3, 0.4) is 0 Å². The van der Waals surface area contributed by atoms with E-state index >= 15 is 0 Å². The number of ether oxygens (including phenoxy) is 3. The molecule has 0 aromatic heterocycles. The second kappa shape index (κ2) is 11.3. The van der Waals surface area contributed by atoms with Gasteiger partial charge in [0.25, 0.3) is 0 Å². The van der Waals surface area contributed by atoms with Crippen LogP contribution >= 0.6 is 11.8 Å². The van der Waals surface area contributed by atoms with Crippen molar-refractivity contribution in [2.75, 3.05) is 37.3 Å². The first-order valence-corrected chi connectivity index (χ1v) is 13.5. The van der Waals surface area contributed by atoms with Crippen LogP contribution in [-0.4, -0.2) is 43.3 Å². The molecule has 6 heteroatoms. The van der Waals surface area contributed by atoms with Crippen LogP contribution in [0.4, 0.5) is 5.69 Å². The zero-order valence-corrected chi connectivity index (χ0v) is 21.4. The zero-order valence-electron chi connectivity index (χ0n) is 20.6. The molecular formula is C29H34N2O3S. The SMILES string of the molecule is COc1ccc(CN2Cc3cc(OCc4ccccc4)ccc3N(C3CCSCC3)C2)cc1OC. The molecule has 0 atom stereocenters. The van der Waals surface area contributed by atoms with Gasteiger partial charge in [-0.3, -0.25) is 4.90 Å². The number of rotatable bonds is 8. The van der Waals surface area contributed by atoms with E-state index in [2.05, 4.69) is 76.2 Å². The minimum atomic E-state index is 0.582. The molecule has 5 rings (SSSR count). The average molecular weight is 491 g/mol. The predicted molar refractivity (Wildman–Crippen MR) is 144 cm³/mol. The van der Waals surface area contributed by atoms with E-state index in [9.17, 15) is 0 Å². The van der Waals surface area contributed by atoms with Crippen LogP contribution in [0.25, 0.3) is 0 Å². The van der Waals surface area contributed by atoms with E-state index in [1.807, 2.05) is 12.1 Å². The van der Waals surface area contributed by atoms with Crippen LogP contribution in [0.1, 0.15) is 29.5 Å². The number of anilines is 1. The minimum Gasteiger partial charge on any atom is -0.493 e. The smallest absolute Gasteiger partial charge is 0.161 e. The van der Waals surface area contributed by atoms with Gasteiger partial charge in [0.15, 0.2) is 11.5 Å². The van der Waals surface area contributed by atoms with Gasteiger partial charge >= 0.3 is 0 Å². The Bertz CT molecular complexity index is 1120. The van der Waals surface area contributed by atoms with Gasteiger partial charge < -0.3 is 19.1 Å². The van der Waals surface area contributed by atoms with Crippen molar-refractivity contribution in [2.24, 2.45) is 0 Å². The number of methoxy groups -OCH3 is 2. The Kier molecular flexibility index (Phi) is 7.69. The Balaban J connectivity index is 1.37. The summed E-state index contributed by atoms with van der Waals surface area (Å²) in [6.45, 7) is 3.26. The lowest BCUT2D eigenvalue weighted by Crippen LogP contribution is -2.48. The van der Waals surface area contributed by atoms with E-state index in [1.54, 1.807) is 14.2 Å². The van der Waals surface area contributed by atoms with Crippen molar-refractivity contribution in [3.05, 3.63) is 83.4 Å². The largest absolute Gasteiger partial charge is 0.493 e. The number of hydrogen-bond donors (Lipinski definition) is 0. The number of benzene rings is 3. The number of thioether (sulfide) groups is 1. The molecule has 0 amide bonds. The number of fused-ring (bicyclic) bond motifs is 1. The summed E-state index contributed by atoms with van der Waals surface area (Å²) in [5.74, 6) is 4.95. The van der Waals surface area contributed by atoms with Crippen LogP contribution in [0, 0.1) is 0 Å².